The van der Waals surface area contributed by atoms with Gasteiger partial charge in [0.05, 0.1) is 24.1 Å². The lowest BCUT2D eigenvalue weighted by Crippen LogP contribution is -2.44. The third kappa shape index (κ3) is 3.34. The second kappa shape index (κ2) is 6.55. The van der Waals surface area contributed by atoms with Gasteiger partial charge in [0.25, 0.3) is 0 Å². The molecule has 0 aliphatic carbocycles. The van der Waals surface area contributed by atoms with E-state index < -0.39 is 0 Å². The van der Waals surface area contributed by atoms with Crippen LogP contribution in [0.25, 0.3) is 0 Å². The topological polar surface area (TPSA) is 38.2 Å². The molecular weight excluding hydrogens is 274 g/mol. The van der Waals surface area contributed by atoms with E-state index in [-0.39, 0.29) is 6.10 Å². The maximum absolute atomic E-state index is 6.07. The molecule has 1 saturated heterocycles. The quantitative estimate of drug-likeness (QED) is 0.873. The molecule has 1 aromatic carbocycles. The summed E-state index contributed by atoms with van der Waals surface area (Å²) in [6.07, 6.45) is 3.84. The molecule has 0 spiro atoms. The Labute approximate surface area is 132 Å². The largest absolute Gasteiger partial charge is 0.371 e. The molecule has 1 aromatic heterocycles. The molecule has 116 valence electrons. The Hall–Kier alpha value is -1.78. The van der Waals surface area contributed by atoms with E-state index in [1.807, 2.05) is 19.3 Å². The molecule has 4 heteroatoms. The molecule has 2 heterocycles. The van der Waals surface area contributed by atoms with E-state index in [1.54, 1.807) is 0 Å². The summed E-state index contributed by atoms with van der Waals surface area (Å²) in [5.41, 5.74) is 4.55. The molecule has 2 atom stereocenters. The summed E-state index contributed by atoms with van der Waals surface area (Å²) in [7, 11) is 0. The minimum atomic E-state index is 0.135. The van der Waals surface area contributed by atoms with Crippen LogP contribution in [0.1, 0.15) is 35.5 Å². The van der Waals surface area contributed by atoms with Gasteiger partial charge < -0.3 is 4.74 Å². The van der Waals surface area contributed by atoms with Crippen molar-refractivity contribution in [1.29, 1.82) is 0 Å². The van der Waals surface area contributed by atoms with Crippen molar-refractivity contribution in [2.45, 2.75) is 39.5 Å². The lowest BCUT2D eigenvalue weighted by atomic mass is 10.0. The van der Waals surface area contributed by atoms with E-state index in [0.717, 1.165) is 31.1 Å². The first-order chi connectivity index (χ1) is 10.6. The normalized spacial score (nSPS) is 22.7. The molecule has 0 bridgehead atoms. The number of aryl methyl sites for hydroxylation is 2. The SMILES string of the molecule is Cc1cnc(CN2C[C@H](c3ccccc3C)OC[C@@H]2C)cn1. The van der Waals surface area contributed by atoms with E-state index in [9.17, 15) is 0 Å². The molecule has 4 nitrogen and oxygen atoms in total. The molecule has 1 aliphatic rings. The number of hydrogen-bond donors (Lipinski definition) is 0. The third-order valence-electron chi connectivity index (χ3n) is 4.30. The van der Waals surface area contributed by atoms with Gasteiger partial charge in [-0.1, -0.05) is 24.3 Å². The van der Waals surface area contributed by atoms with Crippen LogP contribution in [0.2, 0.25) is 0 Å². The van der Waals surface area contributed by atoms with Crippen LogP contribution in [0, 0.1) is 13.8 Å². The van der Waals surface area contributed by atoms with Gasteiger partial charge in [0.15, 0.2) is 0 Å². The van der Waals surface area contributed by atoms with Gasteiger partial charge >= 0.3 is 0 Å². The number of ether oxygens (including phenoxy) is 1. The first-order valence-corrected chi connectivity index (χ1v) is 7.82. The minimum absolute atomic E-state index is 0.135. The summed E-state index contributed by atoms with van der Waals surface area (Å²) in [4.78, 5) is 11.2. The Morgan fingerprint density at radius 2 is 2.00 bits per heavy atom. The van der Waals surface area contributed by atoms with Gasteiger partial charge in [-0.25, -0.2) is 0 Å². The average molecular weight is 297 g/mol. The van der Waals surface area contributed by atoms with Crippen LogP contribution in [0.5, 0.6) is 0 Å². The minimum Gasteiger partial charge on any atom is -0.371 e. The summed E-state index contributed by atoms with van der Waals surface area (Å²) < 4.78 is 6.07. The molecular formula is C18H23N3O. The predicted molar refractivity (Wildman–Crippen MR) is 86.5 cm³/mol. The molecule has 0 amide bonds. The van der Waals surface area contributed by atoms with Crippen molar-refractivity contribution >= 4 is 0 Å². The molecule has 0 saturated carbocycles. The number of benzene rings is 1. The molecule has 0 unspecified atom stereocenters. The van der Waals surface area contributed by atoms with Crippen LogP contribution >= 0.6 is 0 Å². The highest BCUT2D eigenvalue weighted by molar-refractivity contribution is 5.28. The summed E-state index contributed by atoms with van der Waals surface area (Å²) in [6.45, 7) is 8.77. The molecule has 2 aromatic rings. The lowest BCUT2D eigenvalue weighted by Gasteiger charge is -2.38. The fraction of sp³-hybridized carbons (Fsp3) is 0.444. The van der Waals surface area contributed by atoms with Gasteiger partial charge in [-0.2, -0.15) is 0 Å². The zero-order valence-corrected chi connectivity index (χ0v) is 13.5. The van der Waals surface area contributed by atoms with Crippen molar-refractivity contribution in [3.8, 4) is 0 Å². The fourth-order valence-corrected chi connectivity index (χ4v) is 2.87. The van der Waals surface area contributed by atoms with Crippen LogP contribution in [-0.4, -0.2) is 34.1 Å². The maximum atomic E-state index is 6.07. The van der Waals surface area contributed by atoms with Gasteiger partial charge in [-0.3, -0.25) is 14.9 Å². The Morgan fingerprint density at radius 1 is 1.18 bits per heavy atom. The molecule has 0 N–H and O–H groups in total. The highest BCUT2D eigenvalue weighted by Gasteiger charge is 2.28. The van der Waals surface area contributed by atoms with E-state index in [0.29, 0.717) is 6.04 Å². The lowest BCUT2D eigenvalue weighted by molar-refractivity contribution is -0.0639. The van der Waals surface area contributed by atoms with Crippen molar-refractivity contribution in [3.05, 3.63) is 59.2 Å². The van der Waals surface area contributed by atoms with Crippen LogP contribution in [0.3, 0.4) is 0 Å². The molecule has 0 radical (unpaired) electrons. The molecule has 3 rings (SSSR count). The number of rotatable bonds is 3. The summed E-state index contributed by atoms with van der Waals surface area (Å²) in [6, 6.07) is 8.86. The van der Waals surface area contributed by atoms with Crippen molar-refractivity contribution in [2.24, 2.45) is 0 Å². The Bertz CT molecular complexity index is 626. The number of hydrogen-bond acceptors (Lipinski definition) is 4. The van der Waals surface area contributed by atoms with Crippen molar-refractivity contribution < 1.29 is 4.74 Å². The van der Waals surface area contributed by atoms with E-state index in [4.69, 9.17) is 4.74 Å². The zero-order chi connectivity index (χ0) is 15.5. The Morgan fingerprint density at radius 3 is 2.73 bits per heavy atom. The number of morpholine rings is 1. The average Bonchev–Trinajstić information content (AvgIpc) is 2.52. The highest BCUT2D eigenvalue weighted by atomic mass is 16.5. The fourth-order valence-electron chi connectivity index (χ4n) is 2.87. The molecule has 1 aliphatic heterocycles. The Kier molecular flexibility index (Phi) is 4.50. The summed E-state index contributed by atoms with van der Waals surface area (Å²) >= 11 is 0. The second-order valence-corrected chi connectivity index (χ2v) is 6.11. The summed E-state index contributed by atoms with van der Waals surface area (Å²) in [5.74, 6) is 0. The third-order valence-corrected chi connectivity index (χ3v) is 4.30. The molecule has 1 fully saturated rings. The standard InChI is InChI=1S/C18H23N3O/c1-13-6-4-5-7-17(13)18-11-21(15(3)12-22-18)10-16-9-19-14(2)8-20-16/h4-9,15,18H,10-12H2,1-3H3/t15-,18+/m0/s1. The van der Waals surface area contributed by atoms with Crippen LogP contribution < -0.4 is 0 Å². The Balaban J connectivity index is 1.74. The highest BCUT2D eigenvalue weighted by Crippen LogP contribution is 2.27. The van der Waals surface area contributed by atoms with Gasteiger partial charge in [-0.15, -0.1) is 0 Å². The second-order valence-electron chi connectivity index (χ2n) is 6.11. The van der Waals surface area contributed by atoms with Crippen LogP contribution in [0.15, 0.2) is 36.7 Å². The van der Waals surface area contributed by atoms with Gasteiger partial charge in [-0.05, 0) is 31.9 Å². The van der Waals surface area contributed by atoms with Crippen molar-refractivity contribution in [1.82, 2.24) is 14.9 Å². The van der Waals surface area contributed by atoms with Crippen molar-refractivity contribution in [2.75, 3.05) is 13.2 Å². The summed E-state index contributed by atoms with van der Waals surface area (Å²) in [5, 5.41) is 0. The maximum Gasteiger partial charge on any atom is 0.0955 e. The zero-order valence-electron chi connectivity index (χ0n) is 13.5. The first-order valence-electron chi connectivity index (χ1n) is 7.82. The van der Waals surface area contributed by atoms with Crippen LogP contribution in [-0.2, 0) is 11.3 Å². The first kappa shape index (κ1) is 15.1. The van der Waals surface area contributed by atoms with Crippen LogP contribution in [0.4, 0.5) is 0 Å². The van der Waals surface area contributed by atoms with Gasteiger partial charge in [0.2, 0.25) is 0 Å². The van der Waals surface area contributed by atoms with Gasteiger partial charge in [0.1, 0.15) is 0 Å². The van der Waals surface area contributed by atoms with E-state index in [2.05, 4.69) is 53.0 Å². The molecule has 22 heavy (non-hydrogen) atoms. The van der Waals surface area contributed by atoms with Crippen molar-refractivity contribution in [3.63, 3.8) is 0 Å². The smallest absolute Gasteiger partial charge is 0.0955 e. The van der Waals surface area contributed by atoms with Gasteiger partial charge in [0, 0.05) is 31.5 Å². The van der Waals surface area contributed by atoms with E-state index >= 15 is 0 Å². The number of aromatic nitrogens is 2. The predicted octanol–water partition coefficient (Wildman–Crippen LogP) is 3.06. The number of nitrogens with zero attached hydrogens (tertiary/aromatic N) is 3. The van der Waals surface area contributed by atoms with E-state index in [1.165, 1.54) is 11.1 Å². The monoisotopic (exact) mass is 297 g/mol.